The highest BCUT2D eigenvalue weighted by Crippen LogP contribution is 2.20. The summed E-state index contributed by atoms with van der Waals surface area (Å²) in [7, 11) is 0. The number of aromatic nitrogens is 1. The smallest absolute Gasteiger partial charge is 0.322 e. The number of rotatable bonds is 5. The molecule has 2 aromatic rings. The molecule has 0 saturated carbocycles. The van der Waals surface area contributed by atoms with Crippen molar-refractivity contribution >= 4 is 38.7 Å². The van der Waals surface area contributed by atoms with E-state index in [1.54, 1.807) is 0 Å². The summed E-state index contributed by atoms with van der Waals surface area (Å²) in [6.07, 6.45) is 2.18. The van der Waals surface area contributed by atoms with E-state index in [-0.39, 0.29) is 18.9 Å². The molecule has 0 bridgehead atoms. The summed E-state index contributed by atoms with van der Waals surface area (Å²) >= 11 is 3.41. The SMILES string of the molecule is O=C(O)CNC(=O)CCn1ccc2cc(Br)ccc21. The summed E-state index contributed by atoms with van der Waals surface area (Å²) in [5.74, 6) is -1.30. The number of carboxylic acids is 1. The third kappa shape index (κ3) is 3.57. The van der Waals surface area contributed by atoms with Crippen molar-refractivity contribution in [2.24, 2.45) is 0 Å². The van der Waals surface area contributed by atoms with E-state index in [1.165, 1.54) is 0 Å². The molecule has 0 radical (unpaired) electrons. The van der Waals surface area contributed by atoms with Crippen LogP contribution in [0.5, 0.6) is 0 Å². The predicted molar refractivity (Wildman–Crippen MR) is 74.9 cm³/mol. The summed E-state index contributed by atoms with van der Waals surface area (Å²) in [6.45, 7) is 0.189. The predicted octanol–water partition coefficient (Wildman–Crippen LogP) is 1.99. The molecule has 19 heavy (non-hydrogen) atoms. The number of hydrogen-bond acceptors (Lipinski definition) is 2. The zero-order valence-electron chi connectivity index (χ0n) is 10.1. The molecule has 100 valence electrons. The summed E-state index contributed by atoms with van der Waals surface area (Å²) in [6, 6.07) is 7.92. The molecule has 6 heteroatoms. The molecular formula is C13H13BrN2O3. The van der Waals surface area contributed by atoms with Gasteiger partial charge in [-0.05, 0) is 24.3 Å². The van der Waals surface area contributed by atoms with E-state index in [0.717, 1.165) is 15.4 Å². The molecule has 0 fully saturated rings. The Labute approximate surface area is 118 Å². The molecule has 1 heterocycles. The number of halogens is 1. The Morgan fingerprint density at radius 3 is 2.84 bits per heavy atom. The van der Waals surface area contributed by atoms with Crippen LogP contribution in [-0.2, 0) is 16.1 Å². The molecule has 0 aliphatic heterocycles. The summed E-state index contributed by atoms with van der Waals surface area (Å²) in [4.78, 5) is 21.8. The van der Waals surface area contributed by atoms with Gasteiger partial charge < -0.3 is 15.0 Å². The van der Waals surface area contributed by atoms with Gasteiger partial charge in [-0.1, -0.05) is 15.9 Å². The maximum atomic E-state index is 11.4. The first-order valence-electron chi connectivity index (χ1n) is 5.79. The molecular weight excluding hydrogens is 312 g/mol. The molecule has 2 N–H and O–H groups in total. The summed E-state index contributed by atoms with van der Waals surface area (Å²) < 4.78 is 2.99. The van der Waals surface area contributed by atoms with Gasteiger partial charge in [0.15, 0.2) is 0 Å². The lowest BCUT2D eigenvalue weighted by molar-refractivity contribution is -0.137. The van der Waals surface area contributed by atoms with Crippen LogP contribution in [0.15, 0.2) is 34.9 Å². The van der Waals surface area contributed by atoms with Gasteiger partial charge in [-0.25, -0.2) is 0 Å². The Bertz CT molecular complexity index is 621. The minimum absolute atomic E-state index is 0.257. The number of amides is 1. The molecule has 1 amide bonds. The first-order valence-corrected chi connectivity index (χ1v) is 6.58. The van der Waals surface area contributed by atoms with Gasteiger partial charge in [-0.3, -0.25) is 9.59 Å². The molecule has 2 rings (SSSR count). The van der Waals surface area contributed by atoms with Gasteiger partial charge in [0.2, 0.25) is 5.91 Å². The molecule has 0 atom stereocenters. The first kappa shape index (κ1) is 13.6. The molecule has 1 aromatic carbocycles. The van der Waals surface area contributed by atoms with Crippen LogP contribution in [0.1, 0.15) is 6.42 Å². The molecule has 0 unspecified atom stereocenters. The maximum Gasteiger partial charge on any atom is 0.322 e. The lowest BCUT2D eigenvalue weighted by Gasteiger charge is -2.06. The van der Waals surface area contributed by atoms with E-state index in [2.05, 4.69) is 21.2 Å². The molecule has 0 spiro atoms. The van der Waals surface area contributed by atoms with Crippen molar-refractivity contribution in [1.29, 1.82) is 0 Å². The normalized spacial score (nSPS) is 10.6. The quantitative estimate of drug-likeness (QED) is 0.883. The van der Waals surface area contributed by atoms with Crippen LogP contribution in [0.2, 0.25) is 0 Å². The fraction of sp³-hybridized carbons (Fsp3) is 0.231. The highest BCUT2D eigenvalue weighted by Gasteiger charge is 2.06. The third-order valence-electron chi connectivity index (χ3n) is 2.75. The van der Waals surface area contributed by atoms with Crippen LogP contribution < -0.4 is 5.32 Å². The van der Waals surface area contributed by atoms with E-state index < -0.39 is 5.97 Å². The Hall–Kier alpha value is -1.82. The number of nitrogens with zero attached hydrogens (tertiary/aromatic N) is 1. The second-order valence-electron chi connectivity index (χ2n) is 4.13. The minimum Gasteiger partial charge on any atom is -0.480 e. The number of aryl methyl sites for hydroxylation is 1. The van der Waals surface area contributed by atoms with E-state index in [0.29, 0.717) is 6.54 Å². The number of aliphatic carboxylic acids is 1. The van der Waals surface area contributed by atoms with Crippen LogP contribution in [0.4, 0.5) is 0 Å². The Balaban J connectivity index is 1.98. The molecule has 0 aliphatic carbocycles. The second-order valence-corrected chi connectivity index (χ2v) is 5.05. The topological polar surface area (TPSA) is 71.3 Å². The zero-order valence-corrected chi connectivity index (χ0v) is 11.7. The zero-order chi connectivity index (χ0) is 13.8. The first-order chi connectivity index (χ1) is 9.06. The number of carbonyl (C=O) groups is 2. The number of benzene rings is 1. The summed E-state index contributed by atoms with van der Waals surface area (Å²) in [5, 5.41) is 11.9. The van der Waals surface area contributed by atoms with Gasteiger partial charge in [0, 0.05) is 34.5 Å². The van der Waals surface area contributed by atoms with Gasteiger partial charge >= 0.3 is 5.97 Å². The second kappa shape index (κ2) is 5.88. The van der Waals surface area contributed by atoms with Crippen molar-refractivity contribution in [3.8, 4) is 0 Å². The number of fused-ring (bicyclic) bond motifs is 1. The molecule has 0 aliphatic rings. The molecule has 0 saturated heterocycles. The fourth-order valence-corrected chi connectivity index (χ4v) is 2.23. The molecule has 1 aromatic heterocycles. The van der Waals surface area contributed by atoms with Crippen LogP contribution in [0.3, 0.4) is 0 Å². The molecule has 5 nitrogen and oxygen atoms in total. The van der Waals surface area contributed by atoms with Gasteiger partial charge in [0.1, 0.15) is 6.54 Å². The Morgan fingerprint density at radius 2 is 2.11 bits per heavy atom. The van der Waals surface area contributed by atoms with E-state index in [9.17, 15) is 9.59 Å². The van der Waals surface area contributed by atoms with E-state index >= 15 is 0 Å². The highest BCUT2D eigenvalue weighted by molar-refractivity contribution is 9.10. The average molecular weight is 325 g/mol. The Kier molecular flexibility index (Phi) is 4.21. The average Bonchev–Trinajstić information content (AvgIpc) is 2.76. The van der Waals surface area contributed by atoms with E-state index in [1.807, 2.05) is 35.0 Å². The lowest BCUT2D eigenvalue weighted by atomic mass is 10.2. The van der Waals surface area contributed by atoms with Gasteiger partial charge in [0.05, 0.1) is 0 Å². The van der Waals surface area contributed by atoms with E-state index in [4.69, 9.17) is 5.11 Å². The number of nitrogens with one attached hydrogen (secondary N) is 1. The van der Waals surface area contributed by atoms with Crippen LogP contribution in [-0.4, -0.2) is 28.1 Å². The monoisotopic (exact) mass is 324 g/mol. The number of carboxylic acid groups (broad SMARTS) is 1. The summed E-state index contributed by atoms with van der Waals surface area (Å²) in [5.41, 5.74) is 1.05. The minimum atomic E-state index is -1.04. The van der Waals surface area contributed by atoms with Crippen molar-refractivity contribution in [2.45, 2.75) is 13.0 Å². The Morgan fingerprint density at radius 1 is 1.32 bits per heavy atom. The number of carbonyl (C=O) groups excluding carboxylic acids is 1. The maximum absolute atomic E-state index is 11.4. The van der Waals surface area contributed by atoms with Crippen molar-refractivity contribution in [3.63, 3.8) is 0 Å². The highest BCUT2D eigenvalue weighted by atomic mass is 79.9. The fourth-order valence-electron chi connectivity index (χ4n) is 1.85. The lowest BCUT2D eigenvalue weighted by Crippen LogP contribution is -2.29. The van der Waals surface area contributed by atoms with Gasteiger partial charge in [-0.2, -0.15) is 0 Å². The van der Waals surface area contributed by atoms with Crippen molar-refractivity contribution in [3.05, 3.63) is 34.9 Å². The largest absolute Gasteiger partial charge is 0.480 e. The van der Waals surface area contributed by atoms with Crippen LogP contribution in [0.25, 0.3) is 10.9 Å². The van der Waals surface area contributed by atoms with Crippen LogP contribution >= 0.6 is 15.9 Å². The van der Waals surface area contributed by atoms with Gasteiger partial charge in [0.25, 0.3) is 0 Å². The van der Waals surface area contributed by atoms with Gasteiger partial charge in [-0.15, -0.1) is 0 Å². The number of hydrogen-bond donors (Lipinski definition) is 2. The third-order valence-corrected chi connectivity index (χ3v) is 3.24. The van der Waals surface area contributed by atoms with Crippen molar-refractivity contribution in [1.82, 2.24) is 9.88 Å². The van der Waals surface area contributed by atoms with Crippen molar-refractivity contribution in [2.75, 3.05) is 6.54 Å². The standard InChI is InChI=1S/C13H13BrN2O3/c14-10-1-2-11-9(7-10)3-5-16(11)6-4-12(17)15-8-13(18)19/h1-3,5,7H,4,6,8H2,(H,15,17)(H,18,19). The van der Waals surface area contributed by atoms with Crippen LogP contribution in [0, 0.1) is 0 Å². The van der Waals surface area contributed by atoms with Crippen molar-refractivity contribution < 1.29 is 14.7 Å².